The van der Waals surface area contributed by atoms with E-state index in [0.29, 0.717) is 12.0 Å². The topological polar surface area (TPSA) is 34.5 Å². The zero-order valence-corrected chi connectivity index (χ0v) is 18.2. The van der Waals surface area contributed by atoms with Crippen LogP contribution in [-0.2, 0) is 11.2 Å². The Morgan fingerprint density at radius 2 is 1.79 bits per heavy atom. The minimum atomic E-state index is -0.510. The van der Waals surface area contributed by atoms with Crippen LogP contribution in [0, 0.1) is 11.3 Å². The Bertz CT molecular complexity index is 898. The molecule has 1 aromatic carbocycles. The molecule has 4 nitrogen and oxygen atoms in total. The molecule has 1 fully saturated rings. The zero-order chi connectivity index (χ0) is 20.3. The van der Waals surface area contributed by atoms with Gasteiger partial charge in [0.25, 0.3) is 0 Å². The van der Waals surface area contributed by atoms with Crippen molar-refractivity contribution in [2.75, 3.05) is 13.1 Å². The first-order valence-electron chi connectivity index (χ1n) is 10.7. The van der Waals surface area contributed by atoms with E-state index in [2.05, 4.69) is 43.9 Å². The summed E-state index contributed by atoms with van der Waals surface area (Å²) in [6, 6.07) is 8.61. The molecule has 152 valence electrons. The van der Waals surface area contributed by atoms with Crippen molar-refractivity contribution in [1.82, 2.24) is 9.47 Å². The van der Waals surface area contributed by atoms with Crippen molar-refractivity contribution < 1.29 is 9.53 Å². The molecule has 0 amide bonds. The first-order valence-corrected chi connectivity index (χ1v) is 10.7. The van der Waals surface area contributed by atoms with Gasteiger partial charge in [0.2, 0.25) is 0 Å². The van der Waals surface area contributed by atoms with Crippen molar-refractivity contribution in [1.29, 1.82) is 0 Å². The van der Waals surface area contributed by atoms with Gasteiger partial charge < -0.3 is 4.74 Å². The predicted molar refractivity (Wildman–Crippen MR) is 114 cm³/mol. The van der Waals surface area contributed by atoms with Crippen LogP contribution >= 0.6 is 0 Å². The third-order valence-corrected chi connectivity index (χ3v) is 6.50. The molecule has 4 heteroatoms. The van der Waals surface area contributed by atoms with Crippen LogP contribution in [0.4, 0.5) is 4.79 Å². The van der Waals surface area contributed by atoms with Crippen molar-refractivity contribution in [3.8, 4) is 0 Å². The maximum atomic E-state index is 13.3. The first kappa shape index (κ1) is 19.5. The highest BCUT2D eigenvalue weighted by Crippen LogP contribution is 2.47. The van der Waals surface area contributed by atoms with E-state index < -0.39 is 5.60 Å². The molecule has 0 spiro atoms. The van der Waals surface area contributed by atoms with Gasteiger partial charge in [0.1, 0.15) is 5.60 Å². The molecule has 2 atom stereocenters. The molecular weight excluding hydrogens is 348 g/mol. The summed E-state index contributed by atoms with van der Waals surface area (Å²) in [6.45, 7) is 15.0. The fourth-order valence-corrected chi connectivity index (χ4v) is 5.05. The molecule has 2 aromatic rings. The molecule has 1 saturated heterocycles. The number of hydrogen-bond acceptors (Lipinski definition) is 3. The highest BCUT2D eigenvalue weighted by atomic mass is 16.6. The van der Waals surface area contributed by atoms with Gasteiger partial charge in [-0.1, -0.05) is 39.0 Å². The van der Waals surface area contributed by atoms with E-state index in [1.165, 1.54) is 23.1 Å². The summed E-state index contributed by atoms with van der Waals surface area (Å²) in [4.78, 5) is 15.9. The molecule has 28 heavy (non-hydrogen) atoms. The largest absolute Gasteiger partial charge is 0.443 e. The van der Waals surface area contributed by atoms with E-state index in [9.17, 15) is 4.79 Å². The maximum absolute atomic E-state index is 13.3. The number of rotatable bonds is 0. The molecule has 0 N–H and O–H groups in total. The lowest BCUT2D eigenvalue weighted by atomic mass is 9.72. The molecular formula is C24H34N2O2. The number of carbonyl (C=O) groups is 1. The third-order valence-electron chi connectivity index (χ3n) is 6.50. The van der Waals surface area contributed by atoms with E-state index >= 15 is 0 Å². The number of aromatic nitrogens is 1. The molecule has 2 aliphatic heterocycles. The van der Waals surface area contributed by atoms with E-state index in [-0.39, 0.29) is 11.5 Å². The minimum absolute atomic E-state index is 0.246. The Balaban J connectivity index is 1.85. The van der Waals surface area contributed by atoms with Gasteiger partial charge in [-0.3, -0.25) is 4.90 Å². The summed E-state index contributed by atoms with van der Waals surface area (Å²) in [5, 5.41) is 1.21. The van der Waals surface area contributed by atoms with Gasteiger partial charge in [0.15, 0.2) is 0 Å². The summed E-state index contributed by atoms with van der Waals surface area (Å²) in [7, 11) is 0. The Labute approximate surface area is 168 Å². The van der Waals surface area contributed by atoms with Crippen LogP contribution < -0.4 is 0 Å². The SMILES string of the molecule is CC(C)(C)OC(=O)n1c2c(c3ccccc31)CCN1CC[C@@H](C(C)(C)C)C[C@@H]21. The molecule has 2 aliphatic rings. The number of carbonyl (C=O) groups excluding carboxylic acids is 1. The molecule has 0 aliphatic carbocycles. The Morgan fingerprint density at radius 3 is 2.46 bits per heavy atom. The number of fused-ring (bicyclic) bond motifs is 5. The van der Waals surface area contributed by atoms with Crippen molar-refractivity contribution in [3.63, 3.8) is 0 Å². The summed E-state index contributed by atoms with van der Waals surface area (Å²) in [6.07, 6.45) is 3.10. The quantitative estimate of drug-likeness (QED) is 0.579. The molecule has 0 radical (unpaired) electrons. The number of hydrogen-bond donors (Lipinski definition) is 0. The fourth-order valence-electron chi connectivity index (χ4n) is 5.05. The lowest BCUT2D eigenvalue weighted by Crippen LogP contribution is -2.45. The maximum Gasteiger partial charge on any atom is 0.419 e. The van der Waals surface area contributed by atoms with Gasteiger partial charge in [-0.2, -0.15) is 0 Å². The molecule has 0 saturated carbocycles. The standard InChI is InChI=1S/C24H34N2O2/c1-23(2,3)16-11-13-25-14-12-18-17-9-7-8-10-19(17)26(21(18)20(25)15-16)22(27)28-24(4,5)6/h7-10,16,20H,11-15H2,1-6H3/t16-,20+/m1/s1. The van der Waals surface area contributed by atoms with E-state index in [1.807, 2.05) is 31.4 Å². The monoisotopic (exact) mass is 382 g/mol. The van der Waals surface area contributed by atoms with Crippen molar-refractivity contribution in [2.45, 2.75) is 72.4 Å². The van der Waals surface area contributed by atoms with Crippen molar-refractivity contribution in [2.24, 2.45) is 11.3 Å². The Kier molecular flexibility index (Phi) is 4.61. The number of benzene rings is 1. The minimum Gasteiger partial charge on any atom is -0.443 e. The van der Waals surface area contributed by atoms with Gasteiger partial charge >= 0.3 is 6.09 Å². The second-order valence-electron chi connectivity index (χ2n) is 10.6. The van der Waals surface area contributed by atoms with Crippen LogP contribution in [-0.4, -0.2) is 34.3 Å². The first-order chi connectivity index (χ1) is 13.1. The summed E-state index contributed by atoms with van der Waals surface area (Å²) in [5.74, 6) is 0.657. The zero-order valence-electron chi connectivity index (χ0n) is 18.2. The predicted octanol–water partition coefficient (Wildman–Crippen LogP) is 5.78. The lowest BCUT2D eigenvalue weighted by molar-refractivity contribution is 0.0417. The van der Waals surface area contributed by atoms with Crippen LogP contribution in [0.25, 0.3) is 10.9 Å². The van der Waals surface area contributed by atoms with Crippen LogP contribution in [0.1, 0.15) is 71.7 Å². The molecule has 1 aromatic heterocycles. The van der Waals surface area contributed by atoms with Crippen molar-refractivity contribution in [3.05, 3.63) is 35.5 Å². The van der Waals surface area contributed by atoms with E-state index in [1.54, 1.807) is 0 Å². The number of para-hydroxylation sites is 1. The molecule has 0 unspecified atom stereocenters. The lowest BCUT2D eigenvalue weighted by Gasteiger charge is -2.46. The Hall–Kier alpha value is -1.81. The van der Waals surface area contributed by atoms with Gasteiger partial charge in [-0.15, -0.1) is 0 Å². The van der Waals surface area contributed by atoms with Crippen LogP contribution in [0.5, 0.6) is 0 Å². The second kappa shape index (κ2) is 6.62. The van der Waals surface area contributed by atoms with Gasteiger partial charge in [-0.25, -0.2) is 9.36 Å². The molecule has 3 heterocycles. The third kappa shape index (κ3) is 3.36. The van der Waals surface area contributed by atoms with Gasteiger partial charge in [0, 0.05) is 11.9 Å². The van der Waals surface area contributed by atoms with Crippen LogP contribution in [0.15, 0.2) is 24.3 Å². The smallest absolute Gasteiger partial charge is 0.419 e. The van der Waals surface area contributed by atoms with Crippen LogP contribution in [0.2, 0.25) is 0 Å². The summed E-state index contributed by atoms with van der Waals surface area (Å²) >= 11 is 0. The number of piperidine rings is 1. The van der Waals surface area contributed by atoms with Crippen molar-refractivity contribution >= 4 is 17.0 Å². The average molecular weight is 383 g/mol. The number of nitrogens with zero attached hydrogens (tertiary/aromatic N) is 2. The average Bonchev–Trinajstić information content (AvgIpc) is 2.94. The van der Waals surface area contributed by atoms with E-state index in [0.717, 1.165) is 31.4 Å². The Morgan fingerprint density at radius 1 is 1.07 bits per heavy atom. The molecule has 4 rings (SSSR count). The summed E-state index contributed by atoms with van der Waals surface area (Å²) < 4.78 is 7.72. The summed E-state index contributed by atoms with van der Waals surface area (Å²) in [5.41, 5.74) is 3.28. The highest BCUT2D eigenvalue weighted by Gasteiger charge is 2.41. The molecule has 0 bridgehead atoms. The number of ether oxygens (including phenoxy) is 1. The highest BCUT2D eigenvalue weighted by molar-refractivity contribution is 5.94. The normalized spacial score (nSPS) is 23.4. The van der Waals surface area contributed by atoms with Gasteiger partial charge in [0.05, 0.1) is 17.3 Å². The van der Waals surface area contributed by atoms with E-state index in [4.69, 9.17) is 4.74 Å². The fraction of sp³-hybridized carbons (Fsp3) is 0.625. The van der Waals surface area contributed by atoms with Gasteiger partial charge in [-0.05, 0) is 69.5 Å². The second-order valence-corrected chi connectivity index (χ2v) is 10.6. The van der Waals surface area contributed by atoms with Crippen LogP contribution in [0.3, 0.4) is 0 Å².